The molecule has 0 bridgehead atoms. The summed E-state index contributed by atoms with van der Waals surface area (Å²) in [6, 6.07) is 5.22. The summed E-state index contributed by atoms with van der Waals surface area (Å²) in [4.78, 5) is 0. The van der Waals surface area contributed by atoms with E-state index in [4.69, 9.17) is 0 Å². The van der Waals surface area contributed by atoms with Crippen molar-refractivity contribution >= 4 is 5.57 Å². The van der Waals surface area contributed by atoms with Gasteiger partial charge in [-0.15, -0.1) is 6.58 Å². The molecule has 1 heteroatoms. The average molecular weight is 218 g/mol. The summed E-state index contributed by atoms with van der Waals surface area (Å²) in [7, 11) is 0. The summed E-state index contributed by atoms with van der Waals surface area (Å²) in [5.74, 6) is -0.164. The van der Waals surface area contributed by atoms with Gasteiger partial charge in [-0.1, -0.05) is 38.1 Å². The molecule has 0 N–H and O–H groups in total. The third-order valence-electron chi connectivity index (χ3n) is 3.05. The van der Waals surface area contributed by atoms with Crippen LogP contribution in [-0.4, -0.2) is 0 Å². The minimum atomic E-state index is -0.221. The van der Waals surface area contributed by atoms with E-state index in [0.717, 1.165) is 11.1 Å². The maximum atomic E-state index is 13.9. The Bertz CT molecular complexity index is 425. The predicted octanol–water partition coefficient (Wildman–Crippen LogP) is 4.71. The van der Waals surface area contributed by atoms with Gasteiger partial charge in [0, 0.05) is 11.0 Å². The lowest BCUT2D eigenvalue weighted by Gasteiger charge is -2.24. The topological polar surface area (TPSA) is 0 Å². The van der Waals surface area contributed by atoms with Crippen LogP contribution in [0.4, 0.5) is 4.39 Å². The highest BCUT2D eigenvalue weighted by molar-refractivity contribution is 5.68. The molecule has 0 spiro atoms. The zero-order chi connectivity index (χ0) is 12.3. The van der Waals surface area contributed by atoms with Crippen molar-refractivity contribution in [2.45, 2.75) is 33.1 Å². The Hall–Kier alpha value is -1.37. The third-order valence-corrected chi connectivity index (χ3v) is 3.05. The second kappa shape index (κ2) is 4.65. The molecule has 1 aromatic rings. The van der Waals surface area contributed by atoms with E-state index in [-0.39, 0.29) is 11.2 Å². The molecular weight excluding hydrogens is 199 g/mol. The number of rotatable bonds is 3. The van der Waals surface area contributed by atoms with Gasteiger partial charge in [-0.25, -0.2) is 4.39 Å². The Morgan fingerprint density at radius 1 is 1.38 bits per heavy atom. The van der Waals surface area contributed by atoms with E-state index in [1.807, 2.05) is 45.9 Å². The van der Waals surface area contributed by atoms with E-state index >= 15 is 0 Å². The van der Waals surface area contributed by atoms with Gasteiger partial charge in [-0.05, 0) is 31.1 Å². The van der Waals surface area contributed by atoms with Crippen molar-refractivity contribution in [1.29, 1.82) is 0 Å². The molecule has 16 heavy (non-hydrogen) atoms. The number of hydrogen-bond acceptors (Lipinski definition) is 0. The second-order valence-corrected chi connectivity index (χ2v) is 4.56. The van der Waals surface area contributed by atoms with E-state index < -0.39 is 0 Å². The smallest absolute Gasteiger partial charge is 0.130 e. The van der Waals surface area contributed by atoms with Crippen LogP contribution in [0.5, 0.6) is 0 Å². The lowest BCUT2D eigenvalue weighted by molar-refractivity contribution is 0.604. The van der Waals surface area contributed by atoms with Crippen molar-refractivity contribution in [3.05, 3.63) is 53.9 Å². The minimum Gasteiger partial charge on any atom is -0.206 e. The van der Waals surface area contributed by atoms with E-state index in [1.54, 1.807) is 6.07 Å². The largest absolute Gasteiger partial charge is 0.206 e. The molecule has 0 aliphatic carbocycles. The maximum Gasteiger partial charge on any atom is 0.130 e. The first-order chi connectivity index (χ1) is 7.44. The van der Waals surface area contributed by atoms with Crippen molar-refractivity contribution in [2.24, 2.45) is 0 Å². The van der Waals surface area contributed by atoms with E-state index in [9.17, 15) is 4.39 Å². The third kappa shape index (κ3) is 2.24. The number of halogens is 1. The maximum absolute atomic E-state index is 13.9. The zero-order valence-electron chi connectivity index (χ0n) is 10.5. The molecule has 0 radical (unpaired) electrons. The van der Waals surface area contributed by atoms with Crippen LogP contribution in [0.1, 0.15) is 38.8 Å². The molecule has 0 amide bonds. The highest BCUT2D eigenvalue weighted by Crippen LogP contribution is 2.32. The molecule has 0 aromatic heterocycles. The van der Waals surface area contributed by atoms with Crippen LogP contribution in [0.15, 0.2) is 36.9 Å². The standard InChI is InChI=1S/C15H19F/c1-6-11(3)14-12(15(4,5)7-2)9-8-10-13(14)16/h6-10H,2H2,1,3-5H3/b11-6+. The van der Waals surface area contributed by atoms with Crippen LogP contribution in [0.2, 0.25) is 0 Å². The van der Waals surface area contributed by atoms with E-state index in [2.05, 4.69) is 6.58 Å². The Balaban J connectivity index is 3.52. The monoisotopic (exact) mass is 218 g/mol. The highest BCUT2D eigenvalue weighted by atomic mass is 19.1. The van der Waals surface area contributed by atoms with E-state index in [1.165, 1.54) is 6.07 Å². The van der Waals surface area contributed by atoms with Crippen molar-refractivity contribution in [3.8, 4) is 0 Å². The molecule has 86 valence electrons. The molecule has 0 atom stereocenters. The van der Waals surface area contributed by atoms with Gasteiger partial charge in [0.1, 0.15) is 5.82 Å². The summed E-state index contributed by atoms with van der Waals surface area (Å²) in [6.45, 7) is 11.8. The van der Waals surface area contributed by atoms with Gasteiger partial charge in [0.25, 0.3) is 0 Å². The van der Waals surface area contributed by atoms with Gasteiger partial charge in [-0.2, -0.15) is 0 Å². The number of benzene rings is 1. The molecule has 0 aliphatic heterocycles. The molecule has 0 saturated carbocycles. The molecule has 1 aromatic carbocycles. The SMILES string of the molecule is C=CC(C)(C)c1cccc(F)c1/C(C)=C/C. The summed E-state index contributed by atoms with van der Waals surface area (Å²) in [5, 5.41) is 0. The van der Waals surface area contributed by atoms with Crippen molar-refractivity contribution in [3.63, 3.8) is 0 Å². The first kappa shape index (κ1) is 12.7. The number of hydrogen-bond donors (Lipinski definition) is 0. The fraction of sp³-hybridized carbons (Fsp3) is 0.333. The fourth-order valence-electron chi connectivity index (χ4n) is 1.72. The molecule has 0 saturated heterocycles. The first-order valence-corrected chi connectivity index (χ1v) is 5.50. The van der Waals surface area contributed by atoms with Gasteiger partial charge in [0.2, 0.25) is 0 Å². The normalized spacial score (nSPS) is 12.7. The molecule has 0 nitrogen and oxygen atoms in total. The molecule has 1 rings (SSSR count). The molecule has 0 aliphatic rings. The van der Waals surface area contributed by atoms with Gasteiger partial charge >= 0.3 is 0 Å². The lowest BCUT2D eigenvalue weighted by atomic mass is 9.80. The van der Waals surface area contributed by atoms with Crippen LogP contribution >= 0.6 is 0 Å². The molecule has 0 heterocycles. The zero-order valence-corrected chi connectivity index (χ0v) is 10.5. The second-order valence-electron chi connectivity index (χ2n) is 4.56. The van der Waals surface area contributed by atoms with Gasteiger partial charge < -0.3 is 0 Å². The predicted molar refractivity (Wildman–Crippen MR) is 68.9 cm³/mol. The van der Waals surface area contributed by atoms with Crippen LogP contribution in [0.3, 0.4) is 0 Å². The summed E-state index contributed by atoms with van der Waals surface area (Å²) >= 11 is 0. The highest BCUT2D eigenvalue weighted by Gasteiger charge is 2.22. The van der Waals surface area contributed by atoms with Crippen molar-refractivity contribution in [1.82, 2.24) is 0 Å². The summed E-state index contributed by atoms with van der Waals surface area (Å²) < 4.78 is 13.9. The minimum absolute atomic E-state index is 0.164. The lowest BCUT2D eigenvalue weighted by Crippen LogP contribution is -2.16. The molecule has 0 unspecified atom stereocenters. The Kier molecular flexibility index (Phi) is 3.69. The van der Waals surface area contributed by atoms with E-state index in [0.29, 0.717) is 5.56 Å². The molecular formula is C15H19F. The van der Waals surface area contributed by atoms with Crippen LogP contribution in [0.25, 0.3) is 5.57 Å². The first-order valence-electron chi connectivity index (χ1n) is 5.50. The number of allylic oxidation sites excluding steroid dienone is 3. The quantitative estimate of drug-likeness (QED) is 0.644. The van der Waals surface area contributed by atoms with Gasteiger partial charge in [-0.3, -0.25) is 0 Å². The Labute approximate surface area is 97.5 Å². The summed E-state index contributed by atoms with van der Waals surface area (Å²) in [6.07, 6.45) is 3.79. The van der Waals surface area contributed by atoms with Gasteiger partial charge in [0.05, 0.1) is 0 Å². The van der Waals surface area contributed by atoms with Crippen molar-refractivity contribution < 1.29 is 4.39 Å². The molecule has 0 fully saturated rings. The van der Waals surface area contributed by atoms with Crippen molar-refractivity contribution in [2.75, 3.05) is 0 Å². The fourth-order valence-corrected chi connectivity index (χ4v) is 1.72. The summed E-state index contributed by atoms with van der Waals surface area (Å²) in [5.41, 5.74) is 2.43. The van der Waals surface area contributed by atoms with Gasteiger partial charge in [0.15, 0.2) is 0 Å². The van der Waals surface area contributed by atoms with Crippen LogP contribution in [-0.2, 0) is 5.41 Å². The van der Waals surface area contributed by atoms with Crippen LogP contribution in [0, 0.1) is 5.82 Å². The Morgan fingerprint density at radius 2 is 2.00 bits per heavy atom. The van der Waals surface area contributed by atoms with Crippen LogP contribution < -0.4 is 0 Å². The Morgan fingerprint density at radius 3 is 2.50 bits per heavy atom. The average Bonchev–Trinajstić information content (AvgIpc) is 2.27.